The number of rotatable bonds is 6. The number of benzene rings is 1. The second-order valence-electron chi connectivity index (χ2n) is 7.11. The first-order chi connectivity index (χ1) is 15.0. The first-order valence-corrected chi connectivity index (χ1v) is 10.9. The zero-order valence-corrected chi connectivity index (χ0v) is 17.8. The monoisotopic (exact) mass is 446 g/mol. The predicted octanol–water partition coefficient (Wildman–Crippen LogP) is 5.80. The number of anilines is 1. The van der Waals surface area contributed by atoms with Crippen molar-refractivity contribution in [1.82, 2.24) is 15.0 Å². The molecule has 5 nitrogen and oxygen atoms in total. The fraction of sp³-hybridized carbons (Fsp3) is 0.318. The van der Waals surface area contributed by atoms with Crippen LogP contribution in [0.1, 0.15) is 42.6 Å². The van der Waals surface area contributed by atoms with Crippen LogP contribution in [0.25, 0.3) is 16.5 Å². The maximum absolute atomic E-state index is 14.6. The molecule has 0 amide bonds. The molecule has 0 aliphatic carbocycles. The molecule has 2 aromatic heterocycles. The van der Waals surface area contributed by atoms with Gasteiger partial charge in [-0.05, 0) is 30.7 Å². The average molecular weight is 446 g/mol. The van der Waals surface area contributed by atoms with Crippen LogP contribution >= 0.6 is 11.8 Å². The quantitative estimate of drug-likeness (QED) is 0.516. The summed E-state index contributed by atoms with van der Waals surface area (Å²) in [6.45, 7) is 1.70. The van der Waals surface area contributed by atoms with Gasteiger partial charge in [0.05, 0.1) is 29.8 Å². The number of aromatic nitrogens is 3. The number of fused-ring (bicyclic) bond motifs is 1. The van der Waals surface area contributed by atoms with Gasteiger partial charge >= 0.3 is 0 Å². The van der Waals surface area contributed by atoms with Crippen LogP contribution in [0.5, 0.6) is 5.88 Å². The minimum Gasteiger partial charge on any atom is -0.479 e. The molecule has 31 heavy (non-hydrogen) atoms. The molecule has 4 rings (SSSR count). The van der Waals surface area contributed by atoms with Crippen molar-refractivity contribution in [2.75, 3.05) is 23.9 Å². The lowest BCUT2D eigenvalue weighted by Gasteiger charge is -2.19. The second kappa shape index (κ2) is 9.13. The van der Waals surface area contributed by atoms with E-state index < -0.39 is 23.8 Å². The van der Waals surface area contributed by atoms with Gasteiger partial charge in [-0.2, -0.15) is 11.8 Å². The molecule has 3 heterocycles. The van der Waals surface area contributed by atoms with Crippen LogP contribution in [0.3, 0.4) is 0 Å². The summed E-state index contributed by atoms with van der Waals surface area (Å²) in [6.07, 6.45) is 1.52. The molecule has 1 unspecified atom stereocenters. The number of alkyl halides is 2. The Morgan fingerprint density at radius 2 is 2.00 bits per heavy atom. The van der Waals surface area contributed by atoms with Gasteiger partial charge in [-0.25, -0.2) is 28.1 Å². The summed E-state index contributed by atoms with van der Waals surface area (Å²) < 4.78 is 46.3. The van der Waals surface area contributed by atoms with Crippen LogP contribution in [0.4, 0.5) is 19.0 Å². The van der Waals surface area contributed by atoms with Crippen molar-refractivity contribution in [3.63, 3.8) is 0 Å². The van der Waals surface area contributed by atoms with Crippen molar-refractivity contribution in [1.29, 1.82) is 0 Å². The van der Waals surface area contributed by atoms with E-state index >= 15 is 0 Å². The van der Waals surface area contributed by atoms with Crippen LogP contribution < -0.4 is 10.1 Å². The van der Waals surface area contributed by atoms with Crippen molar-refractivity contribution in [2.24, 2.45) is 0 Å². The summed E-state index contributed by atoms with van der Waals surface area (Å²) in [4.78, 5) is 13.2. The Bertz CT molecular complexity index is 1140. The number of methoxy groups -OCH3 is 1. The van der Waals surface area contributed by atoms with Gasteiger partial charge in [-0.3, -0.25) is 0 Å². The van der Waals surface area contributed by atoms with E-state index in [2.05, 4.69) is 26.3 Å². The zero-order chi connectivity index (χ0) is 22.0. The van der Waals surface area contributed by atoms with Gasteiger partial charge in [0.1, 0.15) is 23.5 Å². The van der Waals surface area contributed by atoms with Crippen molar-refractivity contribution in [3.05, 3.63) is 59.3 Å². The highest BCUT2D eigenvalue weighted by atomic mass is 32.2. The Morgan fingerprint density at radius 3 is 2.71 bits per heavy atom. The molecule has 0 spiro atoms. The molecule has 1 N–H and O–H groups in total. The lowest BCUT2D eigenvalue weighted by atomic mass is 10.0. The van der Waals surface area contributed by atoms with Crippen molar-refractivity contribution < 1.29 is 17.9 Å². The highest BCUT2D eigenvalue weighted by molar-refractivity contribution is 7.99. The Hall–Kier alpha value is -2.81. The Morgan fingerprint density at radius 1 is 1.19 bits per heavy atom. The van der Waals surface area contributed by atoms with Crippen molar-refractivity contribution >= 4 is 34.1 Å². The molecule has 0 saturated heterocycles. The fourth-order valence-electron chi connectivity index (χ4n) is 3.57. The normalized spacial score (nSPS) is 15.1. The fourth-order valence-corrected chi connectivity index (χ4v) is 4.42. The SMILES string of the molecule is COc1nc(C2=CCSCC2)cc2c(NC(C)c3cccc(C(F)F)c3F)ncnc12. The third-order valence-corrected chi connectivity index (χ3v) is 6.08. The average Bonchev–Trinajstić information content (AvgIpc) is 2.79. The lowest BCUT2D eigenvalue weighted by molar-refractivity contribution is 0.146. The van der Waals surface area contributed by atoms with Crippen LogP contribution in [0, 0.1) is 5.82 Å². The first-order valence-electron chi connectivity index (χ1n) is 9.79. The van der Waals surface area contributed by atoms with E-state index in [0.29, 0.717) is 22.6 Å². The van der Waals surface area contributed by atoms with Crippen molar-refractivity contribution in [3.8, 4) is 5.88 Å². The van der Waals surface area contributed by atoms with E-state index in [1.54, 1.807) is 6.92 Å². The third-order valence-electron chi connectivity index (χ3n) is 5.19. The van der Waals surface area contributed by atoms with E-state index in [1.165, 1.54) is 25.6 Å². The van der Waals surface area contributed by atoms with Gasteiger partial charge in [0.2, 0.25) is 5.88 Å². The van der Waals surface area contributed by atoms with Gasteiger partial charge in [-0.15, -0.1) is 0 Å². The van der Waals surface area contributed by atoms with Gasteiger partial charge in [-0.1, -0.05) is 24.3 Å². The molecule has 0 fully saturated rings. The highest BCUT2D eigenvalue weighted by Gasteiger charge is 2.21. The van der Waals surface area contributed by atoms with Crippen LogP contribution in [0.15, 0.2) is 36.7 Å². The Kier molecular flexibility index (Phi) is 6.31. The predicted molar refractivity (Wildman–Crippen MR) is 117 cm³/mol. The van der Waals surface area contributed by atoms with Crippen molar-refractivity contribution in [2.45, 2.75) is 25.8 Å². The number of pyridine rings is 1. The minimum atomic E-state index is -2.88. The van der Waals surface area contributed by atoms with Crippen LogP contribution in [-0.4, -0.2) is 33.6 Å². The number of nitrogens with one attached hydrogen (secondary N) is 1. The smallest absolute Gasteiger partial charge is 0.266 e. The minimum absolute atomic E-state index is 0.137. The summed E-state index contributed by atoms with van der Waals surface area (Å²) in [7, 11) is 1.53. The van der Waals surface area contributed by atoms with Gasteiger partial charge in [0, 0.05) is 11.3 Å². The Labute approximate surface area is 182 Å². The second-order valence-corrected chi connectivity index (χ2v) is 8.26. The molecule has 1 aromatic carbocycles. The molecule has 3 aromatic rings. The number of allylic oxidation sites excluding steroid dienone is 1. The molecule has 0 bridgehead atoms. The number of ether oxygens (including phenoxy) is 1. The summed E-state index contributed by atoms with van der Waals surface area (Å²) in [6, 6.07) is 5.29. The van der Waals surface area contributed by atoms with E-state index in [0.717, 1.165) is 35.3 Å². The van der Waals surface area contributed by atoms with E-state index in [9.17, 15) is 13.2 Å². The van der Waals surface area contributed by atoms with Gasteiger partial charge < -0.3 is 10.1 Å². The number of hydrogen-bond donors (Lipinski definition) is 1. The molecule has 0 saturated carbocycles. The maximum Gasteiger partial charge on any atom is 0.266 e. The summed E-state index contributed by atoms with van der Waals surface area (Å²) in [5.41, 5.74) is 1.94. The molecule has 1 aliphatic rings. The molecule has 0 radical (unpaired) electrons. The molecule has 1 aliphatic heterocycles. The largest absolute Gasteiger partial charge is 0.479 e. The van der Waals surface area contributed by atoms with Gasteiger partial charge in [0.15, 0.2) is 0 Å². The molecule has 1 atom stereocenters. The molecule has 162 valence electrons. The Balaban J connectivity index is 1.76. The summed E-state index contributed by atoms with van der Waals surface area (Å²) in [5.74, 6) is 1.84. The first kappa shape index (κ1) is 21.4. The summed E-state index contributed by atoms with van der Waals surface area (Å²) in [5, 5.41) is 3.81. The van der Waals surface area contributed by atoms with E-state index in [1.807, 2.05) is 17.8 Å². The van der Waals surface area contributed by atoms with Crippen LogP contribution in [-0.2, 0) is 0 Å². The molecule has 9 heteroatoms. The molecular formula is C22H21F3N4OS. The van der Waals surface area contributed by atoms with Gasteiger partial charge in [0.25, 0.3) is 6.43 Å². The zero-order valence-electron chi connectivity index (χ0n) is 17.0. The molecular weight excluding hydrogens is 425 g/mol. The van der Waals surface area contributed by atoms with E-state index in [4.69, 9.17) is 4.74 Å². The maximum atomic E-state index is 14.6. The summed E-state index contributed by atoms with van der Waals surface area (Å²) >= 11 is 1.86. The highest BCUT2D eigenvalue weighted by Crippen LogP contribution is 2.34. The van der Waals surface area contributed by atoms with Crippen LogP contribution in [0.2, 0.25) is 0 Å². The number of halogens is 3. The topological polar surface area (TPSA) is 59.9 Å². The number of nitrogens with zero attached hydrogens (tertiary/aromatic N) is 3. The van der Waals surface area contributed by atoms with E-state index in [-0.39, 0.29) is 5.56 Å². The standard InChI is InChI=1S/C22H21F3N4OS/c1-12(14-4-3-5-15(18(14)23)20(24)25)28-21-16-10-17(13-6-8-31-9-7-13)29-22(30-2)19(16)26-11-27-21/h3-6,10-12,20H,7-9H2,1-2H3,(H,26,27,28). The number of thioether (sulfide) groups is 1. The lowest BCUT2D eigenvalue weighted by Crippen LogP contribution is -2.12. The third kappa shape index (κ3) is 4.32. The number of hydrogen-bond acceptors (Lipinski definition) is 6.